The van der Waals surface area contributed by atoms with E-state index in [9.17, 15) is 13.6 Å². The molecule has 0 saturated carbocycles. The molecule has 0 saturated heterocycles. The lowest BCUT2D eigenvalue weighted by Crippen LogP contribution is -1.92. The normalized spacial score (nSPS) is 11.3. The molecule has 22 heavy (non-hydrogen) atoms. The second-order valence-electron chi connectivity index (χ2n) is 5.59. The molecule has 3 rings (SSSR count). The molecule has 1 heterocycles. The average molecular weight is 299 g/mol. The first-order chi connectivity index (χ1) is 10.5. The minimum Gasteiger partial charge on any atom is -0.354 e. The van der Waals surface area contributed by atoms with Crippen LogP contribution in [0, 0.1) is 11.6 Å². The van der Waals surface area contributed by atoms with Crippen molar-refractivity contribution in [3.8, 4) is 11.3 Å². The summed E-state index contributed by atoms with van der Waals surface area (Å²) in [4.78, 5) is 14.5. The number of aldehydes is 1. The molecule has 1 N–H and O–H groups in total. The van der Waals surface area contributed by atoms with Crippen molar-refractivity contribution in [1.29, 1.82) is 0 Å². The molecule has 0 aliphatic heterocycles. The van der Waals surface area contributed by atoms with Crippen molar-refractivity contribution in [2.24, 2.45) is 0 Å². The summed E-state index contributed by atoms with van der Waals surface area (Å²) < 4.78 is 27.5. The molecule has 0 aliphatic rings. The fourth-order valence-electron chi connectivity index (χ4n) is 2.62. The van der Waals surface area contributed by atoms with Gasteiger partial charge in [0.25, 0.3) is 0 Å². The molecule has 0 atom stereocenters. The molecule has 0 fully saturated rings. The molecule has 0 aliphatic carbocycles. The third kappa shape index (κ3) is 2.21. The second-order valence-corrected chi connectivity index (χ2v) is 5.59. The number of hydrogen-bond donors (Lipinski definition) is 1. The fraction of sp³-hybridized carbons (Fsp3) is 0.167. The Bertz CT molecular complexity index is 865. The van der Waals surface area contributed by atoms with E-state index in [4.69, 9.17) is 0 Å². The first-order valence-corrected chi connectivity index (χ1v) is 7.08. The first-order valence-electron chi connectivity index (χ1n) is 7.08. The summed E-state index contributed by atoms with van der Waals surface area (Å²) >= 11 is 0. The number of benzene rings is 2. The lowest BCUT2D eigenvalue weighted by atomic mass is 9.99. The van der Waals surface area contributed by atoms with E-state index < -0.39 is 11.6 Å². The summed E-state index contributed by atoms with van der Waals surface area (Å²) in [6.07, 6.45) is 0.683. The van der Waals surface area contributed by atoms with Gasteiger partial charge in [0.05, 0.1) is 5.69 Å². The van der Waals surface area contributed by atoms with Gasteiger partial charge in [-0.15, -0.1) is 0 Å². The van der Waals surface area contributed by atoms with Crippen LogP contribution in [0.4, 0.5) is 8.78 Å². The number of halogens is 2. The molecular formula is C18H15F2NO. The summed E-state index contributed by atoms with van der Waals surface area (Å²) in [5.41, 5.74) is 2.53. The van der Waals surface area contributed by atoms with E-state index >= 15 is 0 Å². The monoisotopic (exact) mass is 299 g/mol. The molecule has 0 amide bonds. The van der Waals surface area contributed by atoms with Crippen LogP contribution in [-0.2, 0) is 0 Å². The minimum absolute atomic E-state index is 0.0596. The quantitative estimate of drug-likeness (QED) is 0.674. The van der Waals surface area contributed by atoms with Crippen molar-refractivity contribution in [3.05, 3.63) is 59.2 Å². The van der Waals surface area contributed by atoms with Crippen molar-refractivity contribution in [2.75, 3.05) is 0 Å². The van der Waals surface area contributed by atoms with Gasteiger partial charge >= 0.3 is 0 Å². The topological polar surface area (TPSA) is 32.9 Å². The Hall–Kier alpha value is -2.49. The van der Waals surface area contributed by atoms with E-state index in [0.29, 0.717) is 23.5 Å². The third-order valence-electron chi connectivity index (χ3n) is 3.87. The van der Waals surface area contributed by atoms with Crippen molar-refractivity contribution < 1.29 is 13.6 Å². The molecule has 0 radical (unpaired) electrons. The van der Waals surface area contributed by atoms with Gasteiger partial charge in [-0.3, -0.25) is 4.79 Å². The number of aromatic nitrogens is 1. The van der Waals surface area contributed by atoms with Crippen molar-refractivity contribution in [2.45, 2.75) is 19.8 Å². The molecule has 0 spiro atoms. The van der Waals surface area contributed by atoms with Gasteiger partial charge < -0.3 is 4.98 Å². The molecule has 3 aromatic rings. The molecule has 112 valence electrons. The predicted molar refractivity (Wildman–Crippen MR) is 83.1 cm³/mol. The second kappa shape index (κ2) is 5.37. The summed E-state index contributed by atoms with van der Waals surface area (Å²) in [6.45, 7) is 4.11. The Morgan fingerprint density at radius 3 is 2.59 bits per heavy atom. The Labute approximate surface area is 126 Å². The Morgan fingerprint density at radius 2 is 1.91 bits per heavy atom. The molecule has 0 bridgehead atoms. The van der Waals surface area contributed by atoms with Crippen LogP contribution in [0.3, 0.4) is 0 Å². The summed E-state index contributed by atoms with van der Waals surface area (Å²) in [6, 6.07) is 9.68. The van der Waals surface area contributed by atoms with Crippen LogP contribution >= 0.6 is 0 Å². The number of carbonyl (C=O) groups excluding carboxylic acids is 1. The lowest BCUT2D eigenvalue weighted by molar-refractivity contribution is 0.112. The largest absolute Gasteiger partial charge is 0.354 e. The Morgan fingerprint density at radius 1 is 1.14 bits per heavy atom. The zero-order valence-electron chi connectivity index (χ0n) is 12.3. The zero-order valence-corrected chi connectivity index (χ0v) is 12.3. The van der Waals surface area contributed by atoms with Gasteiger partial charge in [0.2, 0.25) is 0 Å². The Balaban J connectivity index is 2.31. The number of H-pyrrole nitrogens is 1. The smallest absolute Gasteiger partial charge is 0.168 e. The number of carbonyl (C=O) groups is 1. The van der Waals surface area contributed by atoms with Crippen LogP contribution in [0.15, 0.2) is 36.4 Å². The van der Waals surface area contributed by atoms with Crippen LogP contribution in [0.5, 0.6) is 0 Å². The van der Waals surface area contributed by atoms with E-state index in [1.54, 1.807) is 0 Å². The third-order valence-corrected chi connectivity index (χ3v) is 3.87. The maximum Gasteiger partial charge on any atom is 0.168 e. The zero-order chi connectivity index (χ0) is 15.9. The Kier molecular flexibility index (Phi) is 3.53. The van der Waals surface area contributed by atoms with Gasteiger partial charge in [-0.1, -0.05) is 26.0 Å². The number of fused-ring (bicyclic) bond motifs is 1. The van der Waals surface area contributed by atoms with E-state index in [0.717, 1.165) is 22.5 Å². The standard InChI is InChI=1S/C18H15F2NO/c1-10(2)11-6-7-16-13(8-11)14(9-22)18(21-16)12-4-3-5-15(19)17(12)20/h3-10,21H,1-2H3. The first kappa shape index (κ1) is 14.4. The molecule has 2 aromatic carbocycles. The van der Waals surface area contributed by atoms with Gasteiger partial charge in [-0.2, -0.15) is 0 Å². The highest BCUT2D eigenvalue weighted by molar-refractivity contribution is 6.04. The van der Waals surface area contributed by atoms with Crippen LogP contribution in [0.1, 0.15) is 35.7 Å². The van der Waals surface area contributed by atoms with E-state index in [2.05, 4.69) is 18.8 Å². The maximum absolute atomic E-state index is 14.0. The minimum atomic E-state index is -0.957. The van der Waals surface area contributed by atoms with Crippen molar-refractivity contribution in [3.63, 3.8) is 0 Å². The van der Waals surface area contributed by atoms with Crippen molar-refractivity contribution in [1.82, 2.24) is 4.98 Å². The van der Waals surface area contributed by atoms with E-state index in [1.165, 1.54) is 12.1 Å². The maximum atomic E-state index is 14.0. The molecule has 2 nitrogen and oxygen atoms in total. The van der Waals surface area contributed by atoms with Gasteiger partial charge in [0, 0.05) is 22.0 Å². The predicted octanol–water partition coefficient (Wildman–Crippen LogP) is 5.05. The highest BCUT2D eigenvalue weighted by atomic mass is 19.2. The summed E-state index contributed by atoms with van der Waals surface area (Å²) in [5, 5.41) is 0.722. The van der Waals surface area contributed by atoms with Crippen LogP contribution in [0.2, 0.25) is 0 Å². The van der Waals surface area contributed by atoms with Gasteiger partial charge in [-0.25, -0.2) is 8.78 Å². The SMILES string of the molecule is CC(C)c1ccc2[nH]c(-c3cccc(F)c3F)c(C=O)c2c1. The molecule has 1 aromatic heterocycles. The number of hydrogen-bond acceptors (Lipinski definition) is 1. The average Bonchev–Trinajstić information content (AvgIpc) is 2.87. The van der Waals surface area contributed by atoms with Crippen LogP contribution in [-0.4, -0.2) is 11.3 Å². The fourth-order valence-corrected chi connectivity index (χ4v) is 2.62. The molecular weight excluding hydrogens is 284 g/mol. The molecule has 4 heteroatoms. The summed E-state index contributed by atoms with van der Waals surface area (Å²) in [5.74, 6) is -1.58. The number of aromatic amines is 1. The van der Waals surface area contributed by atoms with Crippen LogP contribution in [0.25, 0.3) is 22.2 Å². The molecule has 0 unspecified atom stereocenters. The number of rotatable bonds is 3. The van der Waals surface area contributed by atoms with Gasteiger partial charge in [0.1, 0.15) is 0 Å². The van der Waals surface area contributed by atoms with Crippen LogP contribution < -0.4 is 0 Å². The van der Waals surface area contributed by atoms with E-state index in [1.807, 2.05) is 18.2 Å². The highest BCUT2D eigenvalue weighted by Gasteiger charge is 2.18. The van der Waals surface area contributed by atoms with Crippen molar-refractivity contribution >= 4 is 17.2 Å². The van der Waals surface area contributed by atoms with Gasteiger partial charge in [-0.05, 0) is 35.7 Å². The van der Waals surface area contributed by atoms with E-state index in [-0.39, 0.29) is 5.56 Å². The van der Waals surface area contributed by atoms with Gasteiger partial charge in [0.15, 0.2) is 17.9 Å². The number of nitrogens with one attached hydrogen (secondary N) is 1. The summed E-state index contributed by atoms with van der Waals surface area (Å²) in [7, 11) is 0. The highest BCUT2D eigenvalue weighted by Crippen LogP contribution is 2.33. The lowest BCUT2D eigenvalue weighted by Gasteiger charge is -2.04.